The molecule has 0 bridgehead atoms. The van der Waals surface area contributed by atoms with Crippen LogP contribution in [0.3, 0.4) is 0 Å². The first kappa shape index (κ1) is 16.9. The van der Waals surface area contributed by atoms with Crippen LogP contribution in [-0.2, 0) is 11.2 Å². The van der Waals surface area contributed by atoms with Crippen LogP contribution in [0.25, 0.3) is 0 Å². The van der Waals surface area contributed by atoms with Gasteiger partial charge in [0.05, 0.1) is 22.6 Å². The lowest BCUT2D eigenvalue weighted by molar-refractivity contribution is -0.384. The minimum Gasteiger partial charge on any atom is -0.273 e. The Morgan fingerprint density at radius 1 is 1.22 bits per heavy atom. The number of hydrazone groups is 1. The summed E-state index contributed by atoms with van der Waals surface area (Å²) < 4.78 is 0. The predicted molar refractivity (Wildman–Crippen MR) is 89.0 cm³/mol. The molecule has 0 atom stereocenters. The van der Waals surface area contributed by atoms with Crippen LogP contribution in [0.4, 0.5) is 5.69 Å². The van der Waals surface area contributed by atoms with E-state index in [2.05, 4.69) is 10.5 Å². The number of benzene rings is 2. The Labute approximate surface area is 141 Å². The van der Waals surface area contributed by atoms with E-state index in [1.807, 2.05) is 0 Å². The summed E-state index contributed by atoms with van der Waals surface area (Å²) in [4.78, 5) is 21.8. The predicted octanol–water partition coefficient (Wildman–Crippen LogP) is 3.59. The van der Waals surface area contributed by atoms with Crippen molar-refractivity contribution in [3.8, 4) is 0 Å². The molecule has 2 rings (SSSR count). The molecule has 6 nitrogen and oxygen atoms in total. The van der Waals surface area contributed by atoms with Gasteiger partial charge in [-0.1, -0.05) is 41.4 Å². The second-order valence-corrected chi connectivity index (χ2v) is 5.40. The molecule has 8 heteroatoms. The van der Waals surface area contributed by atoms with Crippen molar-refractivity contribution in [2.45, 2.75) is 6.42 Å². The fraction of sp³-hybridized carbons (Fsp3) is 0.0667. The van der Waals surface area contributed by atoms with Crippen LogP contribution >= 0.6 is 23.2 Å². The largest absolute Gasteiger partial charge is 0.273 e. The van der Waals surface area contributed by atoms with Crippen LogP contribution in [0.5, 0.6) is 0 Å². The summed E-state index contributed by atoms with van der Waals surface area (Å²) in [6.07, 6.45) is 1.47. The number of hydrogen-bond donors (Lipinski definition) is 1. The molecule has 0 aliphatic heterocycles. The van der Waals surface area contributed by atoms with Gasteiger partial charge in [-0.25, -0.2) is 5.43 Å². The zero-order valence-electron chi connectivity index (χ0n) is 11.7. The Hall–Kier alpha value is -2.44. The van der Waals surface area contributed by atoms with E-state index in [1.54, 1.807) is 18.2 Å². The molecular formula is C15H11Cl2N3O3. The normalized spacial score (nSPS) is 10.7. The molecule has 0 aromatic heterocycles. The summed E-state index contributed by atoms with van der Waals surface area (Å²) in [6, 6.07) is 10.7. The quantitative estimate of drug-likeness (QED) is 0.507. The van der Waals surface area contributed by atoms with Crippen LogP contribution in [-0.4, -0.2) is 17.0 Å². The van der Waals surface area contributed by atoms with Gasteiger partial charge in [0.15, 0.2) is 0 Å². The van der Waals surface area contributed by atoms with E-state index < -0.39 is 4.92 Å². The molecule has 0 aliphatic rings. The molecule has 0 saturated heterocycles. The Kier molecular flexibility index (Phi) is 5.67. The van der Waals surface area contributed by atoms with Gasteiger partial charge in [-0.2, -0.15) is 5.10 Å². The third-order valence-electron chi connectivity index (χ3n) is 2.87. The van der Waals surface area contributed by atoms with Crippen molar-refractivity contribution in [3.63, 3.8) is 0 Å². The molecule has 118 valence electrons. The molecule has 2 aromatic rings. The second kappa shape index (κ2) is 7.71. The maximum atomic E-state index is 11.7. The smallest absolute Gasteiger partial charge is 0.269 e. The molecule has 1 N–H and O–H groups in total. The number of nitro groups is 1. The van der Waals surface area contributed by atoms with Crippen molar-refractivity contribution in [2.24, 2.45) is 5.10 Å². The number of carbonyl (C=O) groups is 1. The lowest BCUT2D eigenvalue weighted by atomic mass is 10.1. The first-order chi connectivity index (χ1) is 11.0. The molecule has 0 saturated carbocycles. The summed E-state index contributed by atoms with van der Waals surface area (Å²) in [5, 5.41) is 15.3. The van der Waals surface area contributed by atoms with Crippen molar-refractivity contribution < 1.29 is 9.72 Å². The van der Waals surface area contributed by atoms with E-state index in [0.29, 0.717) is 21.2 Å². The summed E-state index contributed by atoms with van der Waals surface area (Å²) in [6.45, 7) is 0. The molecular weight excluding hydrogens is 341 g/mol. The number of halogens is 2. The molecule has 1 amide bonds. The van der Waals surface area contributed by atoms with Crippen molar-refractivity contribution in [2.75, 3.05) is 0 Å². The highest BCUT2D eigenvalue weighted by Gasteiger charge is 2.06. The van der Waals surface area contributed by atoms with Crippen LogP contribution in [0.1, 0.15) is 11.1 Å². The Morgan fingerprint density at radius 3 is 2.52 bits per heavy atom. The van der Waals surface area contributed by atoms with Gasteiger partial charge in [0.2, 0.25) is 5.91 Å². The van der Waals surface area contributed by atoms with Crippen LogP contribution in [0.15, 0.2) is 47.6 Å². The highest BCUT2D eigenvalue weighted by molar-refractivity contribution is 6.36. The highest BCUT2D eigenvalue weighted by atomic mass is 35.5. The first-order valence-corrected chi connectivity index (χ1v) is 7.21. The van der Waals surface area contributed by atoms with Gasteiger partial charge in [-0.15, -0.1) is 0 Å². The van der Waals surface area contributed by atoms with Crippen molar-refractivity contribution >= 4 is 41.0 Å². The van der Waals surface area contributed by atoms with Gasteiger partial charge in [0, 0.05) is 22.7 Å². The van der Waals surface area contributed by atoms with Crippen LogP contribution in [0.2, 0.25) is 10.0 Å². The number of non-ortho nitro benzene ring substituents is 1. The molecule has 0 unspecified atom stereocenters. The van der Waals surface area contributed by atoms with Crippen molar-refractivity contribution in [1.29, 1.82) is 0 Å². The zero-order valence-corrected chi connectivity index (χ0v) is 13.2. The van der Waals surface area contributed by atoms with E-state index in [1.165, 1.54) is 30.5 Å². The average molecular weight is 352 g/mol. The van der Waals surface area contributed by atoms with E-state index in [4.69, 9.17) is 23.2 Å². The summed E-state index contributed by atoms with van der Waals surface area (Å²) in [5.74, 6) is -0.347. The third kappa shape index (κ3) is 5.05. The van der Waals surface area contributed by atoms with Gasteiger partial charge >= 0.3 is 0 Å². The van der Waals surface area contributed by atoms with Gasteiger partial charge in [0.25, 0.3) is 5.69 Å². The summed E-state index contributed by atoms with van der Waals surface area (Å²) in [5.41, 5.74) is 3.60. The van der Waals surface area contributed by atoms with E-state index in [9.17, 15) is 14.9 Å². The van der Waals surface area contributed by atoms with E-state index in [0.717, 1.165) is 0 Å². The number of hydrogen-bond acceptors (Lipinski definition) is 4. The minimum absolute atomic E-state index is 0.0236. The Bertz CT molecular complexity index is 761. The first-order valence-electron chi connectivity index (χ1n) is 6.46. The number of carbonyl (C=O) groups excluding carboxylic acids is 1. The molecule has 0 spiro atoms. The van der Waals surface area contributed by atoms with Gasteiger partial charge < -0.3 is 0 Å². The van der Waals surface area contributed by atoms with Gasteiger partial charge in [-0.3, -0.25) is 14.9 Å². The topological polar surface area (TPSA) is 84.6 Å². The number of nitrogens with one attached hydrogen (secondary N) is 1. The van der Waals surface area contributed by atoms with Crippen molar-refractivity contribution in [1.82, 2.24) is 5.43 Å². The lowest BCUT2D eigenvalue weighted by Gasteiger charge is -2.01. The summed E-state index contributed by atoms with van der Waals surface area (Å²) >= 11 is 11.8. The van der Waals surface area contributed by atoms with E-state index in [-0.39, 0.29) is 18.0 Å². The lowest BCUT2D eigenvalue weighted by Crippen LogP contribution is -2.19. The number of rotatable bonds is 5. The summed E-state index contributed by atoms with van der Waals surface area (Å²) in [7, 11) is 0. The minimum atomic E-state index is -0.496. The molecule has 0 aliphatic carbocycles. The maximum absolute atomic E-state index is 11.7. The molecule has 0 radical (unpaired) electrons. The fourth-order valence-electron chi connectivity index (χ4n) is 1.74. The standard InChI is InChI=1S/C15H11Cl2N3O3/c16-12-4-3-11(14(17)8-12)9-18-19-15(21)7-10-1-5-13(6-2-10)20(22)23/h1-6,8-9H,7H2,(H,19,21). The maximum Gasteiger partial charge on any atom is 0.269 e. The third-order valence-corrected chi connectivity index (χ3v) is 3.43. The Balaban J connectivity index is 1.92. The fourth-order valence-corrected chi connectivity index (χ4v) is 2.20. The SMILES string of the molecule is O=C(Cc1ccc([N+](=O)[O-])cc1)NN=Cc1ccc(Cl)cc1Cl. The van der Waals surface area contributed by atoms with Crippen LogP contribution in [0, 0.1) is 10.1 Å². The van der Waals surface area contributed by atoms with Gasteiger partial charge in [0.1, 0.15) is 0 Å². The van der Waals surface area contributed by atoms with Gasteiger partial charge in [-0.05, 0) is 17.7 Å². The van der Waals surface area contributed by atoms with Crippen molar-refractivity contribution in [3.05, 3.63) is 73.8 Å². The Morgan fingerprint density at radius 2 is 1.91 bits per heavy atom. The molecule has 0 heterocycles. The highest BCUT2D eigenvalue weighted by Crippen LogP contribution is 2.19. The number of nitrogens with zero attached hydrogens (tertiary/aromatic N) is 2. The second-order valence-electron chi connectivity index (χ2n) is 4.56. The molecule has 0 fully saturated rings. The number of nitro benzene ring substituents is 1. The molecule has 2 aromatic carbocycles. The number of amides is 1. The zero-order chi connectivity index (χ0) is 16.8. The average Bonchev–Trinajstić information content (AvgIpc) is 2.50. The molecule has 23 heavy (non-hydrogen) atoms. The van der Waals surface area contributed by atoms with E-state index >= 15 is 0 Å². The van der Waals surface area contributed by atoms with Crippen LogP contribution < -0.4 is 5.43 Å². The monoisotopic (exact) mass is 351 g/mol.